The second-order valence-corrected chi connectivity index (χ2v) is 4.66. The molecule has 0 spiro atoms. The molecule has 2 heteroatoms. The van der Waals surface area contributed by atoms with E-state index in [0.717, 1.165) is 31.8 Å². The summed E-state index contributed by atoms with van der Waals surface area (Å²) in [5, 5.41) is 0. The van der Waals surface area contributed by atoms with Gasteiger partial charge in [-0.1, -0.05) is 33.6 Å². The van der Waals surface area contributed by atoms with Gasteiger partial charge in [0.05, 0.1) is 0 Å². The zero-order valence-electron chi connectivity index (χ0n) is 10.5. The lowest BCUT2D eigenvalue weighted by atomic mass is 10.1. The van der Waals surface area contributed by atoms with Crippen LogP contribution in [0.4, 0.5) is 0 Å². The van der Waals surface area contributed by atoms with Crippen molar-refractivity contribution in [2.75, 3.05) is 13.1 Å². The van der Waals surface area contributed by atoms with E-state index in [2.05, 4.69) is 11.8 Å². The third kappa shape index (κ3) is 3.22. The highest BCUT2D eigenvalue weighted by Gasteiger charge is 2.30. The molecule has 1 aliphatic heterocycles. The second-order valence-electron chi connectivity index (χ2n) is 4.66. The van der Waals surface area contributed by atoms with Crippen LogP contribution in [0.5, 0.6) is 0 Å². The highest BCUT2D eigenvalue weighted by Crippen LogP contribution is 2.28. The van der Waals surface area contributed by atoms with E-state index in [0.29, 0.717) is 11.8 Å². The van der Waals surface area contributed by atoms with Gasteiger partial charge in [-0.05, 0) is 25.2 Å². The van der Waals surface area contributed by atoms with Crippen molar-refractivity contribution in [1.29, 1.82) is 0 Å². The SMILES string of the molecule is CC.C[C@H]1CCN(C(=O)C2CCCC2)C1. The zero-order valence-corrected chi connectivity index (χ0v) is 10.5. The highest BCUT2D eigenvalue weighted by molar-refractivity contribution is 5.79. The summed E-state index contributed by atoms with van der Waals surface area (Å²) in [5.74, 6) is 1.55. The maximum Gasteiger partial charge on any atom is 0.225 e. The van der Waals surface area contributed by atoms with Crippen molar-refractivity contribution in [2.45, 2.75) is 52.9 Å². The third-order valence-corrected chi connectivity index (χ3v) is 3.44. The highest BCUT2D eigenvalue weighted by atomic mass is 16.2. The lowest BCUT2D eigenvalue weighted by Gasteiger charge is -2.19. The predicted octanol–water partition coefficient (Wildman–Crippen LogP) is 3.07. The molecule has 2 rings (SSSR count). The molecule has 2 nitrogen and oxygen atoms in total. The molecule has 0 aromatic heterocycles. The Labute approximate surface area is 94.0 Å². The Kier molecular flexibility index (Phi) is 5.13. The second kappa shape index (κ2) is 6.14. The molecule has 1 saturated carbocycles. The largest absolute Gasteiger partial charge is 0.342 e. The summed E-state index contributed by atoms with van der Waals surface area (Å²) in [6.07, 6.45) is 6.02. The Hall–Kier alpha value is -0.530. The minimum Gasteiger partial charge on any atom is -0.342 e. The summed E-state index contributed by atoms with van der Waals surface area (Å²) in [6, 6.07) is 0. The molecule has 0 N–H and O–H groups in total. The van der Waals surface area contributed by atoms with E-state index in [9.17, 15) is 4.79 Å². The van der Waals surface area contributed by atoms with Crippen molar-refractivity contribution >= 4 is 5.91 Å². The Bertz CT molecular complexity index is 197. The van der Waals surface area contributed by atoms with Gasteiger partial charge in [0, 0.05) is 19.0 Å². The van der Waals surface area contributed by atoms with E-state index >= 15 is 0 Å². The maximum atomic E-state index is 11.9. The van der Waals surface area contributed by atoms with E-state index in [1.807, 2.05) is 13.8 Å². The van der Waals surface area contributed by atoms with Gasteiger partial charge < -0.3 is 4.90 Å². The normalized spacial score (nSPS) is 26.3. The first-order valence-electron chi connectivity index (χ1n) is 6.56. The minimum atomic E-state index is 0.380. The Balaban J connectivity index is 0.000000531. The summed E-state index contributed by atoms with van der Waals surface area (Å²) < 4.78 is 0. The molecule has 0 bridgehead atoms. The number of carbonyl (C=O) groups excluding carboxylic acids is 1. The molecular weight excluding hydrogens is 186 g/mol. The van der Waals surface area contributed by atoms with Crippen molar-refractivity contribution in [3.8, 4) is 0 Å². The maximum absolute atomic E-state index is 11.9. The first-order valence-corrected chi connectivity index (χ1v) is 6.56. The average Bonchev–Trinajstić information content (AvgIpc) is 2.90. The molecule has 1 aliphatic carbocycles. The van der Waals surface area contributed by atoms with Crippen molar-refractivity contribution in [3.63, 3.8) is 0 Å². The summed E-state index contributed by atoms with van der Waals surface area (Å²) in [6.45, 7) is 8.26. The third-order valence-electron chi connectivity index (χ3n) is 3.44. The number of hydrogen-bond donors (Lipinski definition) is 0. The van der Waals surface area contributed by atoms with Crippen LogP contribution in [0.2, 0.25) is 0 Å². The van der Waals surface area contributed by atoms with Gasteiger partial charge in [-0.3, -0.25) is 4.79 Å². The van der Waals surface area contributed by atoms with Gasteiger partial charge in [0.15, 0.2) is 0 Å². The quantitative estimate of drug-likeness (QED) is 0.652. The van der Waals surface area contributed by atoms with E-state index in [1.165, 1.54) is 19.3 Å². The Morgan fingerprint density at radius 3 is 2.20 bits per heavy atom. The van der Waals surface area contributed by atoms with Crippen LogP contribution in [0.25, 0.3) is 0 Å². The minimum absolute atomic E-state index is 0.380. The molecule has 2 fully saturated rings. The molecule has 15 heavy (non-hydrogen) atoms. The summed E-state index contributed by atoms with van der Waals surface area (Å²) in [4.78, 5) is 14.0. The average molecular weight is 211 g/mol. The van der Waals surface area contributed by atoms with Gasteiger partial charge in [-0.2, -0.15) is 0 Å². The van der Waals surface area contributed by atoms with E-state index in [4.69, 9.17) is 0 Å². The number of amides is 1. The van der Waals surface area contributed by atoms with Crippen LogP contribution in [0.15, 0.2) is 0 Å². The number of carbonyl (C=O) groups is 1. The number of hydrogen-bond acceptors (Lipinski definition) is 1. The fourth-order valence-corrected chi connectivity index (χ4v) is 2.57. The monoisotopic (exact) mass is 211 g/mol. The Morgan fingerprint density at radius 2 is 1.73 bits per heavy atom. The van der Waals surface area contributed by atoms with Gasteiger partial charge in [0.25, 0.3) is 0 Å². The molecule has 1 heterocycles. The standard InChI is InChI=1S/C11H19NO.C2H6/c1-9-6-7-12(8-9)11(13)10-4-2-3-5-10;1-2/h9-10H,2-8H2,1H3;1-2H3/t9-;/m0./s1. The van der Waals surface area contributed by atoms with Crippen LogP contribution in [-0.2, 0) is 4.79 Å². The van der Waals surface area contributed by atoms with Crippen LogP contribution in [0.1, 0.15) is 52.9 Å². The summed E-state index contributed by atoms with van der Waals surface area (Å²) in [5.41, 5.74) is 0. The van der Waals surface area contributed by atoms with Gasteiger partial charge in [-0.15, -0.1) is 0 Å². The van der Waals surface area contributed by atoms with Crippen LogP contribution >= 0.6 is 0 Å². The van der Waals surface area contributed by atoms with Crippen molar-refractivity contribution in [1.82, 2.24) is 4.90 Å². The molecule has 1 saturated heterocycles. The molecular formula is C13H25NO. The van der Waals surface area contributed by atoms with Crippen molar-refractivity contribution in [3.05, 3.63) is 0 Å². The molecule has 0 radical (unpaired) electrons. The van der Waals surface area contributed by atoms with Gasteiger partial charge in [0.1, 0.15) is 0 Å². The number of likely N-dealkylation sites (tertiary alicyclic amines) is 1. The van der Waals surface area contributed by atoms with Crippen LogP contribution in [0, 0.1) is 11.8 Å². The molecule has 0 unspecified atom stereocenters. The summed E-state index contributed by atoms with van der Waals surface area (Å²) in [7, 11) is 0. The lowest BCUT2D eigenvalue weighted by Crippen LogP contribution is -2.33. The molecule has 1 atom stereocenters. The van der Waals surface area contributed by atoms with Crippen molar-refractivity contribution in [2.24, 2.45) is 11.8 Å². The van der Waals surface area contributed by atoms with Crippen molar-refractivity contribution < 1.29 is 4.79 Å². The van der Waals surface area contributed by atoms with Crippen LogP contribution in [-0.4, -0.2) is 23.9 Å². The van der Waals surface area contributed by atoms with Crippen LogP contribution in [0.3, 0.4) is 0 Å². The van der Waals surface area contributed by atoms with Crippen LogP contribution < -0.4 is 0 Å². The molecule has 1 amide bonds. The zero-order chi connectivity index (χ0) is 11.3. The number of rotatable bonds is 1. The fourth-order valence-electron chi connectivity index (χ4n) is 2.57. The molecule has 88 valence electrons. The van der Waals surface area contributed by atoms with Gasteiger partial charge in [0.2, 0.25) is 5.91 Å². The predicted molar refractivity (Wildman–Crippen MR) is 63.7 cm³/mol. The fraction of sp³-hybridized carbons (Fsp3) is 0.923. The van der Waals surface area contributed by atoms with E-state index < -0.39 is 0 Å². The smallest absolute Gasteiger partial charge is 0.225 e. The topological polar surface area (TPSA) is 20.3 Å². The molecule has 0 aromatic rings. The van der Waals surface area contributed by atoms with E-state index in [-0.39, 0.29) is 0 Å². The molecule has 0 aromatic carbocycles. The van der Waals surface area contributed by atoms with Gasteiger partial charge >= 0.3 is 0 Å². The lowest BCUT2D eigenvalue weighted by molar-refractivity contribution is -0.134. The Morgan fingerprint density at radius 1 is 1.13 bits per heavy atom. The van der Waals surface area contributed by atoms with Gasteiger partial charge in [-0.25, -0.2) is 0 Å². The van der Waals surface area contributed by atoms with E-state index in [1.54, 1.807) is 0 Å². The molecule has 2 aliphatic rings. The summed E-state index contributed by atoms with van der Waals surface area (Å²) >= 11 is 0. The first-order chi connectivity index (χ1) is 7.27. The number of nitrogens with zero attached hydrogens (tertiary/aromatic N) is 1. The first kappa shape index (κ1) is 12.5.